The zero-order chi connectivity index (χ0) is 10.4. The van der Waals surface area contributed by atoms with E-state index in [-0.39, 0.29) is 0 Å². The van der Waals surface area contributed by atoms with Crippen molar-refractivity contribution in [3.05, 3.63) is 29.3 Å². The Bertz CT molecular complexity index is 282. The predicted octanol–water partition coefficient (Wildman–Crippen LogP) is 2.18. The van der Waals surface area contributed by atoms with Crippen LogP contribution in [0, 0.1) is 0 Å². The van der Waals surface area contributed by atoms with Crippen molar-refractivity contribution < 1.29 is 0 Å². The van der Waals surface area contributed by atoms with E-state index in [2.05, 4.69) is 17.2 Å². The highest BCUT2D eigenvalue weighted by Gasteiger charge is 2.02. The molecule has 0 radical (unpaired) electrons. The molecule has 0 aromatic carbocycles. The number of nitrogens with one attached hydrogen (secondary N) is 1. The highest BCUT2D eigenvalue weighted by Crippen LogP contribution is 2.01. The summed E-state index contributed by atoms with van der Waals surface area (Å²) in [6.07, 6.45) is 5.48. The van der Waals surface area contributed by atoms with E-state index in [0.29, 0.717) is 17.6 Å². The summed E-state index contributed by atoms with van der Waals surface area (Å²) < 4.78 is 2.01. The Hall–Kier alpha value is -0.510. The number of hydrogen-bond donors (Lipinski definition) is 1. The Morgan fingerprint density at radius 2 is 2.50 bits per heavy atom. The average molecular weight is 234 g/mol. The van der Waals surface area contributed by atoms with Crippen LogP contribution in [0.25, 0.3) is 0 Å². The van der Waals surface area contributed by atoms with Crippen LogP contribution in [0.2, 0.25) is 0 Å². The summed E-state index contributed by atoms with van der Waals surface area (Å²) >= 11 is 11.2. The Morgan fingerprint density at radius 3 is 3.07 bits per heavy atom. The molecule has 0 aliphatic carbocycles. The summed E-state index contributed by atoms with van der Waals surface area (Å²) in [5.41, 5.74) is 1.37. The third-order valence-electron chi connectivity index (χ3n) is 1.78. The standard InChI is InChI=1S/C9H13Cl2N3/c1-8(13-5-9(11)4-10)6-14-3-2-12-7-14/h2-4,7-8,13H,5-6H2,1H3. The lowest BCUT2D eigenvalue weighted by atomic mass is 10.3. The molecule has 0 spiro atoms. The number of aromatic nitrogens is 2. The van der Waals surface area contributed by atoms with Crippen LogP contribution in [-0.2, 0) is 6.54 Å². The first kappa shape index (κ1) is 11.6. The molecule has 1 rings (SSSR count). The van der Waals surface area contributed by atoms with Crippen molar-refractivity contribution >= 4 is 23.2 Å². The molecule has 78 valence electrons. The van der Waals surface area contributed by atoms with Crippen molar-refractivity contribution in [2.45, 2.75) is 19.5 Å². The highest BCUT2D eigenvalue weighted by molar-refractivity contribution is 6.36. The Morgan fingerprint density at radius 1 is 1.71 bits per heavy atom. The Balaban J connectivity index is 2.26. The van der Waals surface area contributed by atoms with Gasteiger partial charge < -0.3 is 9.88 Å². The molecule has 1 aromatic heterocycles. The lowest BCUT2D eigenvalue weighted by molar-refractivity contribution is 0.497. The first-order valence-corrected chi connectivity index (χ1v) is 5.17. The van der Waals surface area contributed by atoms with E-state index >= 15 is 0 Å². The number of nitrogens with zero attached hydrogens (tertiary/aromatic N) is 2. The summed E-state index contributed by atoms with van der Waals surface area (Å²) in [7, 11) is 0. The number of imidazole rings is 1. The van der Waals surface area contributed by atoms with Crippen LogP contribution in [0.1, 0.15) is 6.92 Å². The third-order valence-corrected chi connectivity index (χ3v) is 2.40. The number of halogens is 2. The minimum Gasteiger partial charge on any atom is -0.336 e. The van der Waals surface area contributed by atoms with E-state index in [9.17, 15) is 0 Å². The Kier molecular flexibility index (Phi) is 5.01. The fraction of sp³-hybridized carbons (Fsp3) is 0.444. The number of rotatable bonds is 5. The van der Waals surface area contributed by atoms with Crippen molar-refractivity contribution in [1.82, 2.24) is 14.9 Å². The molecule has 3 nitrogen and oxygen atoms in total. The van der Waals surface area contributed by atoms with Crippen LogP contribution in [0.15, 0.2) is 29.3 Å². The molecule has 0 amide bonds. The van der Waals surface area contributed by atoms with Crippen LogP contribution >= 0.6 is 23.2 Å². The van der Waals surface area contributed by atoms with Crippen molar-refractivity contribution in [2.24, 2.45) is 0 Å². The lowest BCUT2D eigenvalue weighted by Crippen LogP contribution is -2.30. The quantitative estimate of drug-likeness (QED) is 0.846. The van der Waals surface area contributed by atoms with Gasteiger partial charge in [0.15, 0.2) is 0 Å². The highest BCUT2D eigenvalue weighted by atomic mass is 35.5. The summed E-state index contributed by atoms with van der Waals surface area (Å²) in [4.78, 5) is 3.96. The average Bonchev–Trinajstić information content (AvgIpc) is 2.66. The summed E-state index contributed by atoms with van der Waals surface area (Å²) in [5, 5.41) is 3.85. The molecule has 0 saturated carbocycles. The normalized spacial score (nSPS) is 14.4. The van der Waals surface area contributed by atoms with Crippen molar-refractivity contribution in [1.29, 1.82) is 0 Å². The molecule has 0 aliphatic rings. The maximum absolute atomic E-state index is 5.74. The first-order valence-electron chi connectivity index (χ1n) is 4.36. The van der Waals surface area contributed by atoms with E-state index in [0.717, 1.165) is 6.54 Å². The van der Waals surface area contributed by atoms with Gasteiger partial charge in [-0.25, -0.2) is 4.98 Å². The summed E-state index contributed by atoms with van der Waals surface area (Å²) in [6.45, 7) is 3.55. The molecule has 0 saturated heterocycles. The SMILES string of the molecule is CC(Cn1ccnc1)NCC(Cl)=CCl. The van der Waals surface area contributed by atoms with Gasteiger partial charge >= 0.3 is 0 Å². The van der Waals surface area contributed by atoms with Crippen LogP contribution in [-0.4, -0.2) is 22.1 Å². The van der Waals surface area contributed by atoms with E-state index < -0.39 is 0 Å². The van der Waals surface area contributed by atoms with Gasteiger partial charge in [0.1, 0.15) is 0 Å². The minimum absolute atomic E-state index is 0.328. The van der Waals surface area contributed by atoms with Gasteiger partial charge in [-0.15, -0.1) is 0 Å². The third kappa shape index (κ3) is 4.13. The van der Waals surface area contributed by atoms with E-state index in [1.54, 1.807) is 12.5 Å². The van der Waals surface area contributed by atoms with Gasteiger partial charge in [-0.05, 0) is 6.92 Å². The van der Waals surface area contributed by atoms with Crippen LogP contribution in [0.4, 0.5) is 0 Å². The second-order valence-corrected chi connectivity index (χ2v) is 3.80. The van der Waals surface area contributed by atoms with Crippen molar-refractivity contribution in [2.75, 3.05) is 6.54 Å². The molecule has 0 fully saturated rings. The van der Waals surface area contributed by atoms with Gasteiger partial charge in [0.05, 0.1) is 6.33 Å². The maximum Gasteiger partial charge on any atom is 0.0946 e. The molecular formula is C9H13Cl2N3. The monoisotopic (exact) mass is 233 g/mol. The fourth-order valence-corrected chi connectivity index (χ4v) is 1.24. The smallest absolute Gasteiger partial charge is 0.0946 e. The molecule has 14 heavy (non-hydrogen) atoms. The second kappa shape index (κ2) is 6.06. The van der Waals surface area contributed by atoms with Gasteiger partial charge in [0.2, 0.25) is 0 Å². The second-order valence-electron chi connectivity index (χ2n) is 3.10. The molecule has 1 aromatic rings. The van der Waals surface area contributed by atoms with E-state index in [4.69, 9.17) is 23.2 Å². The summed E-state index contributed by atoms with van der Waals surface area (Å²) in [6, 6.07) is 0.328. The topological polar surface area (TPSA) is 29.9 Å². The number of hydrogen-bond acceptors (Lipinski definition) is 2. The first-order chi connectivity index (χ1) is 6.72. The molecule has 1 unspecified atom stereocenters. The maximum atomic E-state index is 5.74. The molecular weight excluding hydrogens is 221 g/mol. The van der Waals surface area contributed by atoms with Crippen LogP contribution < -0.4 is 5.32 Å². The molecule has 0 aliphatic heterocycles. The minimum atomic E-state index is 0.328. The largest absolute Gasteiger partial charge is 0.336 e. The molecule has 0 bridgehead atoms. The van der Waals surface area contributed by atoms with Gasteiger partial charge in [-0.2, -0.15) is 0 Å². The fourth-order valence-electron chi connectivity index (χ4n) is 1.09. The zero-order valence-corrected chi connectivity index (χ0v) is 9.46. The predicted molar refractivity (Wildman–Crippen MR) is 59.5 cm³/mol. The van der Waals surface area contributed by atoms with Crippen molar-refractivity contribution in [3.8, 4) is 0 Å². The van der Waals surface area contributed by atoms with Crippen LogP contribution in [0.3, 0.4) is 0 Å². The van der Waals surface area contributed by atoms with Crippen molar-refractivity contribution in [3.63, 3.8) is 0 Å². The van der Waals surface area contributed by atoms with Gasteiger partial charge in [0.25, 0.3) is 0 Å². The van der Waals surface area contributed by atoms with E-state index in [1.165, 1.54) is 5.54 Å². The van der Waals surface area contributed by atoms with E-state index in [1.807, 2.05) is 10.8 Å². The van der Waals surface area contributed by atoms with Gasteiger partial charge in [-0.3, -0.25) is 0 Å². The van der Waals surface area contributed by atoms with Gasteiger partial charge in [0, 0.05) is 42.1 Å². The molecule has 1 heterocycles. The molecule has 1 N–H and O–H groups in total. The van der Waals surface area contributed by atoms with Gasteiger partial charge in [-0.1, -0.05) is 23.2 Å². The summed E-state index contributed by atoms with van der Waals surface area (Å²) in [5.74, 6) is 0. The Labute approximate surface area is 93.7 Å². The van der Waals surface area contributed by atoms with Crippen LogP contribution in [0.5, 0.6) is 0 Å². The molecule has 5 heteroatoms. The lowest BCUT2D eigenvalue weighted by Gasteiger charge is -2.13. The molecule has 1 atom stereocenters. The zero-order valence-electron chi connectivity index (χ0n) is 7.95.